The van der Waals surface area contributed by atoms with Gasteiger partial charge in [-0.05, 0) is 33.3 Å². The van der Waals surface area contributed by atoms with E-state index in [0.29, 0.717) is 0 Å². The summed E-state index contributed by atoms with van der Waals surface area (Å²) in [5.41, 5.74) is 0.101. The molecule has 1 aromatic carbocycles. The molecule has 0 saturated carbocycles. The van der Waals surface area contributed by atoms with E-state index >= 15 is 0 Å². The Balaban J connectivity index is 2.13. The Morgan fingerprint density at radius 1 is 1.29 bits per heavy atom. The smallest absolute Gasteiger partial charge is 0.326 e. The number of hydrogen-bond acceptors (Lipinski definition) is 5. The Bertz CT molecular complexity index is 748. The van der Waals surface area contributed by atoms with E-state index in [1.54, 1.807) is 20.8 Å². The number of ether oxygens (including phenoxy) is 1. The lowest BCUT2D eigenvalue weighted by atomic mass is 10.1. The first kappa shape index (κ1) is 17.7. The molecule has 128 valence electrons. The van der Waals surface area contributed by atoms with Crippen LogP contribution in [-0.4, -0.2) is 21.1 Å². The second kappa shape index (κ2) is 7.29. The molecule has 2 aromatic rings. The number of carbonyl (C=O) groups excluding carboxylic acids is 1. The van der Waals surface area contributed by atoms with Crippen molar-refractivity contribution in [3.8, 4) is 0 Å². The Kier molecular flexibility index (Phi) is 5.39. The molecule has 0 amide bonds. The normalized spacial score (nSPS) is 12.5. The molecule has 0 bridgehead atoms. The van der Waals surface area contributed by atoms with E-state index in [4.69, 9.17) is 4.74 Å². The van der Waals surface area contributed by atoms with Crippen molar-refractivity contribution in [2.24, 2.45) is 0 Å². The third-order valence-electron chi connectivity index (χ3n) is 3.29. The van der Waals surface area contributed by atoms with Crippen molar-refractivity contribution in [3.05, 3.63) is 58.6 Å². The average molecular weight is 329 g/mol. The number of hydrogen-bond donors (Lipinski definition) is 1. The zero-order valence-electron chi connectivity index (χ0n) is 14.4. The van der Waals surface area contributed by atoms with Gasteiger partial charge in [0, 0.05) is 12.4 Å². The van der Waals surface area contributed by atoms with Gasteiger partial charge in [-0.2, -0.15) is 0 Å². The number of esters is 1. The molecule has 0 aliphatic carbocycles. The fraction of sp³-hybridized carbons (Fsp3) is 0.389. The summed E-state index contributed by atoms with van der Waals surface area (Å²) in [4.78, 5) is 28.5. The third kappa shape index (κ3) is 4.94. The Labute approximate surface area is 141 Å². The number of nitrogens with zero attached hydrogens (tertiary/aromatic N) is 2. The lowest BCUT2D eigenvalue weighted by molar-refractivity contribution is -0.155. The summed E-state index contributed by atoms with van der Waals surface area (Å²) in [6, 6.07) is 9.67. The molecule has 0 aliphatic rings. The van der Waals surface area contributed by atoms with E-state index in [9.17, 15) is 9.59 Å². The first-order valence-corrected chi connectivity index (χ1v) is 7.85. The highest BCUT2D eigenvalue weighted by atomic mass is 16.6. The number of aromatic nitrogens is 2. The average Bonchev–Trinajstić information content (AvgIpc) is 2.50. The second-order valence-corrected chi connectivity index (χ2v) is 6.57. The molecule has 1 atom stereocenters. The van der Waals surface area contributed by atoms with Gasteiger partial charge in [-0.3, -0.25) is 14.2 Å². The molecule has 0 aliphatic heterocycles. The molecular formula is C18H23N3O3. The molecule has 6 heteroatoms. The van der Waals surface area contributed by atoms with Crippen LogP contribution in [0.4, 0.5) is 5.82 Å². The summed E-state index contributed by atoms with van der Waals surface area (Å²) in [6.07, 6.45) is 2.97. The van der Waals surface area contributed by atoms with Gasteiger partial charge in [0.2, 0.25) is 0 Å². The molecule has 6 nitrogen and oxygen atoms in total. The highest BCUT2D eigenvalue weighted by molar-refractivity contribution is 5.69. The second-order valence-electron chi connectivity index (χ2n) is 6.57. The quantitative estimate of drug-likeness (QED) is 0.854. The van der Waals surface area contributed by atoms with Gasteiger partial charge in [-0.1, -0.05) is 30.3 Å². The molecule has 0 saturated heterocycles. The minimum absolute atomic E-state index is 0.0798. The molecule has 0 fully saturated rings. The van der Waals surface area contributed by atoms with Crippen molar-refractivity contribution in [2.75, 3.05) is 5.32 Å². The molecular weight excluding hydrogens is 306 g/mol. The molecule has 1 aromatic heterocycles. The number of anilines is 1. The summed E-state index contributed by atoms with van der Waals surface area (Å²) in [5, 5.41) is 3.09. The van der Waals surface area contributed by atoms with E-state index in [0.717, 1.165) is 5.56 Å². The lowest BCUT2D eigenvalue weighted by Gasteiger charge is -2.20. The maximum absolute atomic E-state index is 12.5. The van der Waals surface area contributed by atoms with Crippen molar-refractivity contribution in [3.63, 3.8) is 0 Å². The highest BCUT2D eigenvalue weighted by Gasteiger charge is 2.18. The summed E-state index contributed by atoms with van der Waals surface area (Å²) in [7, 11) is 0. The standard InChI is InChI=1S/C18H23N3O3/c1-13(14-8-6-5-7-9-14)20-16-17(23)21(11-10-19-16)12-15(22)24-18(2,3)4/h5-11,13H,12H2,1-4H3,(H,19,20). The van der Waals surface area contributed by atoms with Gasteiger partial charge in [-0.25, -0.2) is 4.98 Å². The maximum atomic E-state index is 12.5. The van der Waals surface area contributed by atoms with E-state index in [1.807, 2.05) is 37.3 Å². The Hall–Kier alpha value is -2.63. The fourth-order valence-electron chi connectivity index (χ4n) is 2.21. The van der Waals surface area contributed by atoms with Crippen LogP contribution in [0.1, 0.15) is 39.3 Å². The summed E-state index contributed by atoms with van der Waals surface area (Å²) < 4.78 is 6.54. The SMILES string of the molecule is CC(Nc1nccn(CC(=O)OC(C)(C)C)c1=O)c1ccccc1. The van der Waals surface area contributed by atoms with Crippen molar-refractivity contribution < 1.29 is 9.53 Å². The fourth-order valence-corrected chi connectivity index (χ4v) is 2.21. The molecule has 1 N–H and O–H groups in total. The summed E-state index contributed by atoms with van der Waals surface area (Å²) >= 11 is 0. The van der Waals surface area contributed by atoms with E-state index in [2.05, 4.69) is 10.3 Å². The van der Waals surface area contributed by atoms with Crippen LogP contribution in [-0.2, 0) is 16.1 Å². The predicted octanol–water partition coefficient (Wildman–Crippen LogP) is 2.76. The number of rotatable bonds is 5. The van der Waals surface area contributed by atoms with Crippen molar-refractivity contribution in [2.45, 2.75) is 45.9 Å². The van der Waals surface area contributed by atoms with Crippen LogP contribution in [0.15, 0.2) is 47.5 Å². The Morgan fingerprint density at radius 3 is 2.58 bits per heavy atom. The van der Waals surface area contributed by atoms with Gasteiger partial charge >= 0.3 is 5.97 Å². The van der Waals surface area contributed by atoms with Crippen LogP contribution >= 0.6 is 0 Å². The number of nitrogens with one attached hydrogen (secondary N) is 1. The molecule has 1 unspecified atom stereocenters. The van der Waals surface area contributed by atoms with Gasteiger partial charge < -0.3 is 10.1 Å². The molecule has 24 heavy (non-hydrogen) atoms. The highest BCUT2D eigenvalue weighted by Crippen LogP contribution is 2.15. The van der Waals surface area contributed by atoms with E-state index < -0.39 is 11.6 Å². The van der Waals surface area contributed by atoms with Crippen LogP contribution in [0.25, 0.3) is 0 Å². The molecule has 0 spiro atoms. The monoisotopic (exact) mass is 329 g/mol. The number of carbonyl (C=O) groups is 1. The van der Waals surface area contributed by atoms with Crippen LogP contribution in [0.5, 0.6) is 0 Å². The summed E-state index contributed by atoms with van der Waals surface area (Å²) in [5.74, 6) is -0.254. The first-order valence-electron chi connectivity index (χ1n) is 7.85. The van der Waals surface area contributed by atoms with Crippen LogP contribution < -0.4 is 10.9 Å². The third-order valence-corrected chi connectivity index (χ3v) is 3.29. The predicted molar refractivity (Wildman–Crippen MR) is 92.8 cm³/mol. The van der Waals surface area contributed by atoms with Crippen molar-refractivity contribution in [1.29, 1.82) is 0 Å². The minimum atomic E-state index is -0.587. The zero-order valence-corrected chi connectivity index (χ0v) is 14.4. The number of benzene rings is 1. The van der Waals surface area contributed by atoms with Crippen LogP contribution in [0, 0.1) is 0 Å². The van der Waals surface area contributed by atoms with Crippen LogP contribution in [0.3, 0.4) is 0 Å². The molecule has 0 radical (unpaired) electrons. The van der Waals surface area contributed by atoms with Gasteiger partial charge in [0.1, 0.15) is 12.1 Å². The van der Waals surface area contributed by atoms with Gasteiger partial charge in [-0.15, -0.1) is 0 Å². The maximum Gasteiger partial charge on any atom is 0.326 e. The van der Waals surface area contributed by atoms with Crippen molar-refractivity contribution in [1.82, 2.24) is 9.55 Å². The molecule has 1 heterocycles. The van der Waals surface area contributed by atoms with E-state index in [1.165, 1.54) is 17.0 Å². The van der Waals surface area contributed by atoms with Gasteiger partial charge in [0.25, 0.3) is 5.56 Å². The lowest BCUT2D eigenvalue weighted by Crippen LogP contribution is -2.32. The van der Waals surface area contributed by atoms with E-state index in [-0.39, 0.29) is 24.0 Å². The molecule has 2 rings (SSSR count). The topological polar surface area (TPSA) is 73.2 Å². The Morgan fingerprint density at radius 2 is 1.96 bits per heavy atom. The zero-order chi connectivity index (χ0) is 17.7. The summed E-state index contributed by atoms with van der Waals surface area (Å²) in [6.45, 7) is 7.16. The first-order chi connectivity index (χ1) is 11.3. The largest absolute Gasteiger partial charge is 0.459 e. The van der Waals surface area contributed by atoms with Gasteiger partial charge in [0.05, 0.1) is 6.04 Å². The van der Waals surface area contributed by atoms with Crippen LogP contribution in [0.2, 0.25) is 0 Å². The van der Waals surface area contributed by atoms with Gasteiger partial charge in [0.15, 0.2) is 5.82 Å². The van der Waals surface area contributed by atoms with Crippen molar-refractivity contribution >= 4 is 11.8 Å². The minimum Gasteiger partial charge on any atom is -0.459 e.